The van der Waals surface area contributed by atoms with Crippen molar-refractivity contribution < 1.29 is 19.6 Å². The second-order valence-electron chi connectivity index (χ2n) is 4.89. The standard InChI is InChI=1S/C12H12ClN3O5/c1-6-4-15(5-8(6)12(18)19)11(17)7-2-3-14-10(13)9(7)16(20)21/h2-3,6,8H,4-5H2,1H3,(H,18,19). The zero-order valence-corrected chi connectivity index (χ0v) is 11.8. The highest BCUT2D eigenvalue weighted by atomic mass is 35.5. The molecule has 2 atom stereocenters. The SMILES string of the molecule is CC1CN(C(=O)c2ccnc(Cl)c2[N+](=O)[O-])CC1C(=O)O. The van der Waals surface area contributed by atoms with Gasteiger partial charge < -0.3 is 10.0 Å². The summed E-state index contributed by atoms with van der Waals surface area (Å²) in [5, 5.41) is 19.7. The van der Waals surface area contributed by atoms with E-state index in [2.05, 4.69) is 4.98 Å². The summed E-state index contributed by atoms with van der Waals surface area (Å²) < 4.78 is 0. The highest BCUT2D eigenvalue weighted by Gasteiger charge is 2.39. The molecule has 21 heavy (non-hydrogen) atoms. The first-order chi connectivity index (χ1) is 9.82. The number of likely N-dealkylation sites (tertiary alicyclic amines) is 1. The predicted molar refractivity (Wildman–Crippen MR) is 72.1 cm³/mol. The number of nitrogens with zero attached hydrogens (tertiary/aromatic N) is 3. The van der Waals surface area contributed by atoms with E-state index in [-0.39, 0.29) is 29.7 Å². The number of hydrogen-bond donors (Lipinski definition) is 1. The molecule has 0 aromatic carbocycles. The van der Waals surface area contributed by atoms with Crippen LogP contribution < -0.4 is 0 Å². The number of aromatic nitrogens is 1. The van der Waals surface area contributed by atoms with E-state index in [1.807, 2.05) is 0 Å². The van der Waals surface area contributed by atoms with Crippen molar-refractivity contribution in [3.63, 3.8) is 0 Å². The van der Waals surface area contributed by atoms with Gasteiger partial charge in [-0.25, -0.2) is 4.98 Å². The molecule has 8 nitrogen and oxygen atoms in total. The Labute approximate surface area is 124 Å². The second kappa shape index (κ2) is 5.65. The molecule has 0 spiro atoms. The molecule has 1 aliphatic heterocycles. The van der Waals surface area contributed by atoms with Crippen LogP contribution in [0.3, 0.4) is 0 Å². The van der Waals surface area contributed by atoms with Crippen LogP contribution >= 0.6 is 11.6 Å². The van der Waals surface area contributed by atoms with E-state index in [1.165, 1.54) is 17.2 Å². The number of hydrogen-bond acceptors (Lipinski definition) is 5. The Bertz CT molecular complexity index is 621. The first kappa shape index (κ1) is 15.2. The van der Waals surface area contributed by atoms with E-state index in [0.717, 1.165) is 0 Å². The molecule has 0 bridgehead atoms. The van der Waals surface area contributed by atoms with E-state index >= 15 is 0 Å². The lowest BCUT2D eigenvalue weighted by Crippen LogP contribution is -2.30. The maximum atomic E-state index is 12.4. The van der Waals surface area contributed by atoms with Gasteiger partial charge in [-0.3, -0.25) is 19.7 Å². The molecule has 2 rings (SSSR count). The number of carboxylic acid groups (broad SMARTS) is 1. The third-order valence-electron chi connectivity index (χ3n) is 3.51. The molecule has 1 aromatic heterocycles. The van der Waals surface area contributed by atoms with Gasteiger partial charge >= 0.3 is 11.7 Å². The third-order valence-corrected chi connectivity index (χ3v) is 3.79. The van der Waals surface area contributed by atoms with Gasteiger partial charge in [0.05, 0.1) is 10.8 Å². The minimum absolute atomic E-state index is 0.0203. The number of carboxylic acids is 1. The maximum absolute atomic E-state index is 12.4. The Balaban J connectivity index is 2.32. The monoisotopic (exact) mass is 313 g/mol. The molecule has 9 heteroatoms. The quantitative estimate of drug-likeness (QED) is 0.513. The van der Waals surface area contributed by atoms with Gasteiger partial charge in [-0.05, 0) is 12.0 Å². The summed E-state index contributed by atoms with van der Waals surface area (Å²) in [5.41, 5.74) is -0.742. The number of pyridine rings is 1. The van der Waals surface area contributed by atoms with Crippen LogP contribution in [0.1, 0.15) is 17.3 Å². The average Bonchev–Trinajstić information content (AvgIpc) is 2.79. The molecule has 2 heterocycles. The summed E-state index contributed by atoms with van der Waals surface area (Å²) in [5.74, 6) is -2.49. The number of rotatable bonds is 3. The van der Waals surface area contributed by atoms with Crippen LogP contribution in [0.15, 0.2) is 12.3 Å². The lowest BCUT2D eigenvalue weighted by Gasteiger charge is -2.15. The molecule has 1 fully saturated rings. The average molecular weight is 314 g/mol. The summed E-state index contributed by atoms with van der Waals surface area (Å²) in [6.07, 6.45) is 1.21. The zero-order valence-electron chi connectivity index (χ0n) is 11.0. The van der Waals surface area contributed by atoms with E-state index in [4.69, 9.17) is 16.7 Å². The number of carbonyl (C=O) groups is 2. The van der Waals surface area contributed by atoms with Crippen molar-refractivity contribution in [2.24, 2.45) is 11.8 Å². The van der Waals surface area contributed by atoms with Gasteiger partial charge in [0.15, 0.2) is 0 Å². The highest BCUT2D eigenvalue weighted by molar-refractivity contribution is 6.32. The van der Waals surface area contributed by atoms with Gasteiger partial charge in [-0.1, -0.05) is 18.5 Å². The van der Waals surface area contributed by atoms with Gasteiger partial charge in [-0.2, -0.15) is 0 Å². The molecule has 1 aliphatic rings. The molecule has 0 aliphatic carbocycles. The van der Waals surface area contributed by atoms with Crippen molar-refractivity contribution in [3.05, 3.63) is 33.1 Å². The Kier molecular flexibility index (Phi) is 4.08. The zero-order chi connectivity index (χ0) is 15.7. The van der Waals surface area contributed by atoms with Crippen LogP contribution in [0.4, 0.5) is 5.69 Å². The molecule has 112 valence electrons. The Morgan fingerprint density at radius 2 is 2.19 bits per heavy atom. The van der Waals surface area contributed by atoms with Crippen LogP contribution in [0.25, 0.3) is 0 Å². The van der Waals surface area contributed by atoms with Crippen LogP contribution in [-0.2, 0) is 4.79 Å². The molecule has 0 saturated carbocycles. The number of amides is 1. The normalized spacial score (nSPS) is 21.3. The van der Waals surface area contributed by atoms with Crippen LogP contribution in [0.2, 0.25) is 5.15 Å². The third kappa shape index (κ3) is 2.80. The number of carbonyl (C=O) groups excluding carboxylic acids is 1. The van der Waals surface area contributed by atoms with Gasteiger partial charge in [0.2, 0.25) is 5.15 Å². The minimum atomic E-state index is -0.986. The number of halogens is 1. The first-order valence-electron chi connectivity index (χ1n) is 6.14. The lowest BCUT2D eigenvalue weighted by molar-refractivity contribution is -0.385. The van der Waals surface area contributed by atoms with Crippen LogP contribution in [0, 0.1) is 22.0 Å². The summed E-state index contributed by atoms with van der Waals surface area (Å²) in [7, 11) is 0. The summed E-state index contributed by atoms with van der Waals surface area (Å²) in [6.45, 7) is 1.97. The van der Waals surface area contributed by atoms with E-state index in [1.54, 1.807) is 6.92 Å². The molecule has 0 radical (unpaired) electrons. The van der Waals surface area contributed by atoms with E-state index in [9.17, 15) is 19.7 Å². The largest absolute Gasteiger partial charge is 0.481 e. The molecule has 1 amide bonds. The van der Waals surface area contributed by atoms with Crippen LogP contribution in [0.5, 0.6) is 0 Å². The highest BCUT2D eigenvalue weighted by Crippen LogP contribution is 2.30. The molecular formula is C12H12ClN3O5. The Morgan fingerprint density at radius 1 is 1.52 bits per heavy atom. The van der Waals surface area contributed by atoms with Crippen molar-refractivity contribution in [3.8, 4) is 0 Å². The molecular weight excluding hydrogens is 302 g/mol. The maximum Gasteiger partial charge on any atom is 0.319 e. The predicted octanol–water partition coefficient (Wildman–Crippen LogP) is 1.44. The minimum Gasteiger partial charge on any atom is -0.481 e. The number of aliphatic carboxylic acids is 1. The van der Waals surface area contributed by atoms with Gasteiger partial charge in [0.25, 0.3) is 5.91 Å². The molecule has 2 unspecified atom stereocenters. The summed E-state index contributed by atoms with van der Waals surface area (Å²) in [6, 6.07) is 1.21. The fraction of sp³-hybridized carbons (Fsp3) is 0.417. The Hall–Kier alpha value is -2.22. The summed E-state index contributed by atoms with van der Waals surface area (Å²) >= 11 is 5.67. The smallest absolute Gasteiger partial charge is 0.319 e. The topological polar surface area (TPSA) is 114 Å². The first-order valence-corrected chi connectivity index (χ1v) is 6.51. The van der Waals surface area contributed by atoms with Crippen molar-refractivity contribution in [2.45, 2.75) is 6.92 Å². The van der Waals surface area contributed by atoms with Crippen molar-refractivity contribution in [2.75, 3.05) is 13.1 Å². The second-order valence-corrected chi connectivity index (χ2v) is 5.25. The van der Waals surface area contributed by atoms with Gasteiger partial charge in [0, 0.05) is 19.3 Å². The van der Waals surface area contributed by atoms with Crippen molar-refractivity contribution >= 4 is 29.2 Å². The fourth-order valence-electron chi connectivity index (χ4n) is 2.40. The van der Waals surface area contributed by atoms with Gasteiger partial charge in [-0.15, -0.1) is 0 Å². The summed E-state index contributed by atoms with van der Waals surface area (Å²) in [4.78, 5) is 38.6. The molecule has 1 aromatic rings. The van der Waals surface area contributed by atoms with Crippen molar-refractivity contribution in [1.29, 1.82) is 0 Å². The van der Waals surface area contributed by atoms with Gasteiger partial charge in [0.1, 0.15) is 5.56 Å². The Morgan fingerprint density at radius 3 is 2.71 bits per heavy atom. The molecule has 1 N–H and O–H groups in total. The molecule has 1 saturated heterocycles. The van der Waals surface area contributed by atoms with Crippen LogP contribution in [-0.4, -0.2) is 44.9 Å². The lowest BCUT2D eigenvalue weighted by atomic mass is 9.99. The van der Waals surface area contributed by atoms with Crippen molar-refractivity contribution in [1.82, 2.24) is 9.88 Å². The van der Waals surface area contributed by atoms with E-state index in [0.29, 0.717) is 0 Å². The number of nitro groups is 1. The van der Waals surface area contributed by atoms with E-state index < -0.39 is 28.4 Å². The fourth-order valence-corrected chi connectivity index (χ4v) is 2.63.